The number of hydrogen-bond donors (Lipinski definition) is 2. The summed E-state index contributed by atoms with van der Waals surface area (Å²) in [7, 11) is 0. The molecule has 1 spiro atoms. The van der Waals surface area contributed by atoms with E-state index in [4.69, 9.17) is 16.1 Å². The molecule has 4 heterocycles. The zero-order valence-electron chi connectivity index (χ0n) is 16.0. The number of pyridine rings is 3. The van der Waals surface area contributed by atoms with Crippen molar-refractivity contribution in [3.8, 4) is 11.3 Å². The van der Waals surface area contributed by atoms with Gasteiger partial charge in [-0.25, -0.2) is 4.98 Å². The number of nitrogens with zero attached hydrogens (tertiary/aromatic N) is 4. The van der Waals surface area contributed by atoms with E-state index in [1.807, 2.05) is 30.3 Å². The van der Waals surface area contributed by atoms with Crippen LogP contribution in [0.3, 0.4) is 0 Å². The van der Waals surface area contributed by atoms with E-state index in [0.717, 1.165) is 45.9 Å². The molecule has 1 aliphatic heterocycles. The third-order valence-electron chi connectivity index (χ3n) is 5.98. The summed E-state index contributed by atoms with van der Waals surface area (Å²) in [5.41, 5.74) is 11.0. The monoisotopic (exact) mass is 449 g/mol. The highest BCUT2D eigenvalue weighted by molar-refractivity contribution is 9.10. The van der Waals surface area contributed by atoms with Gasteiger partial charge in [-0.1, -0.05) is 0 Å². The van der Waals surface area contributed by atoms with Crippen LogP contribution >= 0.6 is 15.9 Å². The van der Waals surface area contributed by atoms with Crippen molar-refractivity contribution < 1.29 is 5.41 Å². The van der Waals surface area contributed by atoms with Crippen LogP contribution in [-0.4, -0.2) is 33.8 Å². The van der Waals surface area contributed by atoms with E-state index in [1.54, 1.807) is 18.6 Å². The first kappa shape index (κ1) is 18.2. The van der Waals surface area contributed by atoms with Crippen LogP contribution < -0.4 is 16.0 Å². The summed E-state index contributed by atoms with van der Waals surface area (Å²) in [6, 6.07) is 9.69. The van der Waals surface area contributed by atoms with Gasteiger partial charge >= 0.3 is 0 Å². The quantitative estimate of drug-likeness (QED) is 0.596. The van der Waals surface area contributed by atoms with Gasteiger partial charge in [0.15, 0.2) is 0 Å². The molecule has 2 aliphatic rings. The molecule has 2 fully saturated rings. The van der Waals surface area contributed by atoms with E-state index in [9.17, 15) is 0 Å². The minimum Gasteiger partial charge on any atom is -0.397 e. The van der Waals surface area contributed by atoms with Crippen molar-refractivity contribution in [3.63, 3.8) is 0 Å². The second kappa shape index (κ2) is 6.91. The summed E-state index contributed by atoms with van der Waals surface area (Å²) in [5.74, 6) is 0.953. The average molecular weight is 450 g/mol. The molecule has 0 aromatic carbocycles. The van der Waals surface area contributed by atoms with Gasteiger partial charge in [0, 0.05) is 31.0 Å². The van der Waals surface area contributed by atoms with Crippen molar-refractivity contribution in [1.82, 2.24) is 15.0 Å². The molecule has 0 amide bonds. The van der Waals surface area contributed by atoms with Gasteiger partial charge < -0.3 is 10.6 Å². The Labute approximate surface area is 177 Å². The number of hydrogen-bond acceptors (Lipinski definition) is 5. The third kappa shape index (κ3) is 3.40. The summed E-state index contributed by atoms with van der Waals surface area (Å²) < 4.78 is 0.991. The molecule has 0 radical (unpaired) electrons. The summed E-state index contributed by atoms with van der Waals surface area (Å²) in [6.45, 7) is 2.11. The molecule has 1 saturated carbocycles. The Balaban J connectivity index is 1.49. The van der Waals surface area contributed by atoms with Crippen LogP contribution in [0.1, 0.15) is 30.5 Å². The van der Waals surface area contributed by atoms with E-state index < -0.39 is 0 Å². The highest BCUT2D eigenvalue weighted by atomic mass is 79.9. The lowest BCUT2D eigenvalue weighted by Gasteiger charge is -2.19. The highest BCUT2D eigenvalue weighted by Gasteiger charge is 2.48. The molecule has 3 aromatic heterocycles. The van der Waals surface area contributed by atoms with E-state index in [-0.39, 0.29) is 0 Å². The maximum absolute atomic E-state index is 6.54. The van der Waals surface area contributed by atoms with Gasteiger partial charge in [-0.05, 0) is 70.9 Å². The van der Waals surface area contributed by atoms with Crippen LogP contribution in [-0.2, 0) is 0 Å². The topological polar surface area (TPSA) is 93.5 Å². The second-order valence-corrected chi connectivity index (χ2v) is 8.84. The number of anilines is 2. The predicted octanol–water partition coefficient (Wildman–Crippen LogP) is 2.47. The second-order valence-electron chi connectivity index (χ2n) is 7.99. The van der Waals surface area contributed by atoms with Gasteiger partial charge in [-0.15, -0.1) is 0 Å². The fourth-order valence-electron chi connectivity index (χ4n) is 4.01. The van der Waals surface area contributed by atoms with Crippen molar-refractivity contribution in [1.29, 1.82) is 0 Å². The Bertz CT molecular complexity index is 1090. The summed E-state index contributed by atoms with van der Waals surface area (Å²) >= 11 is 3.66. The zero-order valence-corrected chi connectivity index (χ0v) is 17.6. The van der Waals surface area contributed by atoms with E-state index >= 15 is 0 Å². The molecule has 7 heteroatoms. The standard InChI is InChI=1S/C22H21BrN6/c23-16-3-4-18(28-21(16)29-9-7-22(13-29)5-6-22)20(25)15-10-19(27-12-17(15)24)14-2-1-8-26-11-14/h1-4,8,10-12,25H,5-7,9,13,24H2/p+1. The summed E-state index contributed by atoms with van der Waals surface area (Å²) in [6.07, 6.45) is 9.06. The predicted molar refractivity (Wildman–Crippen MR) is 117 cm³/mol. The molecular weight excluding hydrogens is 428 g/mol. The largest absolute Gasteiger partial charge is 0.397 e. The molecule has 146 valence electrons. The van der Waals surface area contributed by atoms with Crippen LogP contribution in [0.15, 0.2) is 53.4 Å². The molecule has 0 unspecified atom stereocenters. The first-order chi connectivity index (χ1) is 14.0. The Hall–Kier alpha value is -2.80. The van der Waals surface area contributed by atoms with Crippen LogP contribution in [0.4, 0.5) is 11.5 Å². The van der Waals surface area contributed by atoms with E-state index in [2.05, 4.69) is 30.8 Å². The fraction of sp³-hybridized carbons (Fsp3) is 0.273. The van der Waals surface area contributed by atoms with Crippen LogP contribution in [0.5, 0.6) is 0 Å². The summed E-state index contributed by atoms with van der Waals surface area (Å²) in [4.78, 5) is 15.9. The molecule has 0 atom stereocenters. The van der Waals surface area contributed by atoms with Crippen molar-refractivity contribution in [2.24, 2.45) is 5.41 Å². The van der Waals surface area contributed by atoms with E-state index in [1.165, 1.54) is 19.3 Å². The molecular formula is C22H22BrN6+. The lowest BCUT2D eigenvalue weighted by Crippen LogP contribution is -2.42. The Morgan fingerprint density at radius 2 is 2.03 bits per heavy atom. The van der Waals surface area contributed by atoms with Gasteiger partial charge in [0.25, 0.3) is 0 Å². The van der Waals surface area contributed by atoms with Gasteiger partial charge in [0.2, 0.25) is 5.71 Å². The van der Waals surface area contributed by atoms with Gasteiger partial charge in [0.05, 0.1) is 27.6 Å². The van der Waals surface area contributed by atoms with Gasteiger partial charge in [-0.2, -0.15) is 0 Å². The highest BCUT2D eigenvalue weighted by Crippen LogP contribution is 2.53. The third-order valence-corrected chi connectivity index (χ3v) is 6.60. The normalized spacial score (nSPS) is 16.9. The summed E-state index contributed by atoms with van der Waals surface area (Å²) in [5, 5.41) is 6.54. The Morgan fingerprint density at radius 1 is 1.17 bits per heavy atom. The van der Waals surface area contributed by atoms with Crippen molar-refractivity contribution in [2.45, 2.75) is 19.3 Å². The van der Waals surface area contributed by atoms with Gasteiger partial charge in [-0.3, -0.25) is 15.4 Å². The van der Waals surface area contributed by atoms with Gasteiger partial charge in [0.1, 0.15) is 11.5 Å². The first-order valence-electron chi connectivity index (χ1n) is 9.75. The molecule has 0 bridgehead atoms. The molecule has 6 nitrogen and oxygen atoms in total. The maximum Gasteiger partial charge on any atom is 0.232 e. The average Bonchev–Trinajstić information content (AvgIpc) is 3.38. The van der Waals surface area contributed by atoms with Crippen molar-refractivity contribution >= 4 is 33.1 Å². The minimum absolute atomic E-state index is 0.527. The SMILES string of the molecule is Nc1cnc(-c2cccnc2)cc1C(=[NH2+])c1ccc(Br)c(N2CCC3(CC3)C2)n1. The van der Waals surface area contributed by atoms with Crippen molar-refractivity contribution in [3.05, 3.63) is 64.7 Å². The van der Waals surface area contributed by atoms with E-state index in [0.29, 0.717) is 16.8 Å². The Morgan fingerprint density at radius 3 is 2.76 bits per heavy atom. The molecule has 5 rings (SSSR count). The molecule has 29 heavy (non-hydrogen) atoms. The number of aromatic nitrogens is 3. The lowest BCUT2D eigenvalue weighted by atomic mass is 10.0. The number of nitrogen functional groups attached to an aromatic ring is 1. The van der Waals surface area contributed by atoms with Crippen LogP contribution in [0.2, 0.25) is 0 Å². The maximum atomic E-state index is 6.54. The smallest absolute Gasteiger partial charge is 0.232 e. The molecule has 1 aliphatic carbocycles. The molecule has 4 N–H and O–H groups in total. The van der Waals surface area contributed by atoms with Crippen molar-refractivity contribution in [2.75, 3.05) is 23.7 Å². The lowest BCUT2D eigenvalue weighted by molar-refractivity contribution is -0.111. The molecule has 1 saturated heterocycles. The minimum atomic E-state index is 0.527. The zero-order chi connectivity index (χ0) is 20.0. The molecule has 3 aromatic rings. The number of nitrogens with two attached hydrogens (primary N) is 2. The Kier molecular flexibility index (Phi) is 4.35. The van der Waals surface area contributed by atoms with Crippen LogP contribution in [0, 0.1) is 5.41 Å². The number of rotatable bonds is 4. The first-order valence-corrected chi connectivity index (χ1v) is 10.5. The fourth-order valence-corrected chi connectivity index (χ4v) is 4.48. The van der Waals surface area contributed by atoms with Crippen LogP contribution in [0.25, 0.3) is 11.3 Å². The number of halogens is 1.